The standard InChI is InChI=1S/C23H24N2O3.C21H29BN2O5.C19H16N2O3.C14H19FN2O.C8H7Br.C8H8.ClH.I2.S6.S5.S4.S3.S2.H2S/c1-23(2,3)28-21(26)13-25-12-19(22(24)27)18-11-17(8-9-20(18)25)16-7-5-14-4-6-15(14)10-16;1-19(2,3)27-17(25)12-24-11-15(18(23)26)14-10-13(8-9-16(14)24)22-28-20(4,5)21(6,7)29-22;20-19(24)16-9-21(10-18(22)23)17-6-5-14(8-15(16)17)13-4-2-11-1-3-12(11)7-13;1-10-3-2-4-12(17-10)9-14(18)13-6-5-11(15)7-8-16-13;9-8-4-3-6-1-2-7(6)5-8;1-2-4-8-6-5-7(8)3-1;;1-2;1-3-5-6-4-2;1-3-5-4-2;1-3-4-2;1-3-2;1-2;/h5,7-12H,4,6,13H2,1-3H3,(H2,24,27);8-11H,12H2,1-7H3,(H2,23,26);2,4-9H,1,3,10H2,(H2,20,24)(H,22,23);2-4,11,13,16H,5-9H2,1H3;3-5H,1-2H2;1-4H,5-6H2;1H;;;;;;;1H2/t;;;11?,13-;;;;;;;;;;/m...0........../s1. The number of alkyl halides is 1. The van der Waals surface area contributed by atoms with Crippen LogP contribution in [0.4, 0.5) is 4.39 Å². The number of nitrogens with zero attached hydrogens (tertiary/aromatic N) is 4. The maximum Gasteiger partial charge on any atom is 0.494 e. The first-order valence-electron chi connectivity index (χ1n) is 42.3. The molecule has 7 aromatic carbocycles. The number of ether oxygens (including phenoxy) is 2. The Morgan fingerprint density at radius 2 is 0.871 bits per heavy atom. The highest BCUT2D eigenvalue weighted by Gasteiger charge is 2.52. The van der Waals surface area contributed by atoms with E-state index >= 15 is 0 Å². The van der Waals surface area contributed by atoms with Crippen LogP contribution in [0.5, 0.6) is 0 Å². The lowest BCUT2D eigenvalue weighted by Crippen LogP contribution is -2.41. The first-order chi connectivity index (χ1) is 65.6. The number of fused-ring (bicyclic) bond motifs is 7. The number of Topliss-reactive ketones (excluding diaryl/α,β-unsaturated/α-hetero) is 1. The molecule has 47 heteroatoms. The molecule has 17 rings (SSSR count). The molecule has 2 atom stereocenters. The van der Waals surface area contributed by atoms with Crippen LogP contribution in [-0.2, 0) is 316 Å². The molecule has 0 saturated carbocycles. The van der Waals surface area contributed by atoms with Gasteiger partial charge in [-0.05, 0) is 280 Å². The molecule has 4 aromatic heterocycles. The smallest absolute Gasteiger partial charge is 0.480 e. The number of carboxylic acids is 1. The Balaban J connectivity index is 0.000000345. The van der Waals surface area contributed by atoms with E-state index < -0.39 is 59.4 Å². The number of primary amides is 3. The molecule has 0 radical (unpaired) electrons. The van der Waals surface area contributed by atoms with Crippen molar-refractivity contribution in [2.24, 2.45) is 17.2 Å². The summed E-state index contributed by atoms with van der Waals surface area (Å²) < 4.78 is 42.4. The highest BCUT2D eigenvalue weighted by Crippen LogP contribution is 2.39. The van der Waals surface area contributed by atoms with Crippen LogP contribution in [0.3, 0.4) is 0 Å². The molecule has 4 aliphatic carbocycles. The van der Waals surface area contributed by atoms with Gasteiger partial charge in [-0.1, -0.05) is 113 Å². The van der Waals surface area contributed by atoms with Crippen molar-refractivity contribution in [3.8, 4) is 22.3 Å². The SMILES string of the molecule is Brc1ccc2c(c1)CC2.CC(C)(C)OC(=O)Cn1cc(C(N)=O)c2cc(-c3ccc4c(c3)CC4)ccc21.CC(C)(C)OC(=O)Cn1cc(C(N)=O)c2cc(B3OC(C)(C)C(C)(C)O3)ccc21.Cc1cccc(CC(=O)[C@@H]2CCC(F)CCN2)n1.Cl.II.NC(=O)c1cn(CC(=O)O)c2ccc(-c3ccc4c(c3)CC4)cc12.S.S=S.S=S=S.S=S=S=S.S=S=S=S=S.S=S=S=S=S=S.c1ccc2c(c1)CC2. The van der Waals surface area contributed by atoms with Gasteiger partial charge < -0.3 is 60.1 Å². The Morgan fingerprint density at radius 1 is 0.507 bits per heavy atom. The van der Waals surface area contributed by atoms with Gasteiger partial charge in [0.2, 0.25) is 0 Å². The molecule has 2 aliphatic heterocycles. The van der Waals surface area contributed by atoms with Crippen molar-refractivity contribution in [3.05, 3.63) is 247 Å². The van der Waals surface area contributed by atoms with Crippen LogP contribution in [0.25, 0.3) is 55.0 Å². The Bertz CT molecular complexity index is 6630. The third-order valence-corrected chi connectivity index (χ3v) is 36.1. The molecule has 20 nitrogen and oxygen atoms in total. The summed E-state index contributed by atoms with van der Waals surface area (Å²) in [6, 6.07) is 50.7. The zero-order valence-electron chi connectivity index (χ0n) is 77.8. The van der Waals surface area contributed by atoms with Gasteiger partial charge in [-0.2, -0.15) is 13.5 Å². The lowest BCUT2D eigenvalue weighted by atomic mass is 9.78. The minimum Gasteiger partial charge on any atom is -0.480 e. The Hall–Kier alpha value is -4.35. The molecule has 3 amide bonds. The van der Waals surface area contributed by atoms with Gasteiger partial charge in [-0.3, -0.25) is 38.5 Å². The fourth-order valence-electron chi connectivity index (χ4n) is 14.9. The largest absolute Gasteiger partial charge is 0.494 e. The van der Waals surface area contributed by atoms with Crippen molar-refractivity contribution >= 4 is 366 Å². The number of nitrogens with two attached hydrogens (primary N) is 3. The zero-order valence-corrected chi connectivity index (χ0v) is 102. The summed E-state index contributed by atoms with van der Waals surface area (Å²) in [4.78, 5) is 87.7. The fourth-order valence-corrected chi connectivity index (χ4v) is 23.6. The third kappa shape index (κ3) is 40.6. The van der Waals surface area contributed by atoms with Crippen LogP contribution >= 0.6 is 79.1 Å². The Morgan fingerprint density at radius 3 is 1.21 bits per heavy atom. The molecule has 140 heavy (non-hydrogen) atoms. The molecule has 8 N–H and O–H groups in total. The lowest BCUT2D eigenvalue weighted by molar-refractivity contribution is -0.156. The van der Waals surface area contributed by atoms with Crippen molar-refractivity contribution in [2.75, 3.05) is 6.54 Å². The number of rotatable bonds is 15. The van der Waals surface area contributed by atoms with Gasteiger partial charge in [0, 0.05) is 305 Å². The van der Waals surface area contributed by atoms with Crippen LogP contribution in [-0.4, -0.2) is 113 Å². The van der Waals surface area contributed by atoms with Gasteiger partial charge in [0.15, 0.2) is 5.78 Å². The van der Waals surface area contributed by atoms with Gasteiger partial charge in [0.1, 0.15) is 37.0 Å². The zero-order chi connectivity index (χ0) is 102. The second kappa shape index (κ2) is 64.1. The van der Waals surface area contributed by atoms with E-state index in [4.69, 9.17) is 41.1 Å². The number of hydrogen-bond donors (Lipinski definition) is 5. The van der Waals surface area contributed by atoms with Crippen molar-refractivity contribution in [2.45, 2.75) is 207 Å². The number of carbonyl (C=O) groups is 7. The van der Waals surface area contributed by atoms with Gasteiger partial charge >= 0.3 is 25.0 Å². The van der Waals surface area contributed by atoms with Crippen LogP contribution in [0.15, 0.2) is 175 Å². The number of carbonyl (C=O) groups excluding carboxylic acids is 6. The summed E-state index contributed by atoms with van der Waals surface area (Å²) in [6.45, 7) is 21.1. The predicted molar refractivity (Wildman–Crippen MR) is 649 cm³/mol. The Labute approximate surface area is 940 Å². The number of halogens is 5. The van der Waals surface area contributed by atoms with E-state index in [1.165, 1.54) is 150 Å². The van der Waals surface area contributed by atoms with E-state index in [2.05, 4.69) is 254 Å². The number of carboxylic acid groups (broad SMARTS) is 1. The van der Waals surface area contributed by atoms with E-state index in [9.17, 15) is 38.0 Å². The third-order valence-electron chi connectivity index (χ3n) is 22.2. The van der Waals surface area contributed by atoms with Crippen LogP contribution in [0, 0.1) is 6.92 Å². The number of aryl methyl sites for hydroxylation is 9. The molecule has 6 aliphatic rings. The monoisotopic (exact) mass is 2600 g/mol. The molecular formula is C93H106BBrClFI2N8O12S21. The van der Waals surface area contributed by atoms with E-state index in [0.717, 1.165) is 84.6 Å². The van der Waals surface area contributed by atoms with Crippen molar-refractivity contribution in [1.29, 1.82) is 0 Å². The number of benzene rings is 7. The average molecular weight is 2600 g/mol. The topological polar surface area (TPSA) is 294 Å². The molecule has 2 fully saturated rings. The summed E-state index contributed by atoms with van der Waals surface area (Å²) in [5.41, 5.74) is 36.3. The first kappa shape index (κ1) is 128. The summed E-state index contributed by atoms with van der Waals surface area (Å²) in [5, 5.41) is 14.2. The summed E-state index contributed by atoms with van der Waals surface area (Å²) in [5.74, 6) is -3.23. The lowest BCUT2D eigenvalue weighted by Gasteiger charge is -2.32. The van der Waals surface area contributed by atoms with Crippen LogP contribution < -0.4 is 28.0 Å². The second-order valence-electron chi connectivity index (χ2n) is 34.2. The molecule has 2 saturated heterocycles. The molecule has 0 bridgehead atoms. The number of pyridine rings is 1. The number of hydrogen-bond acceptors (Lipinski definition) is 23. The summed E-state index contributed by atoms with van der Waals surface area (Å²) in [7, 11) is 12.3. The number of amides is 3. The van der Waals surface area contributed by atoms with E-state index in [1.54, 1.807) is 37.2 Å². The van der Waals surface area contributed by atoms with Gasteiger partial charge in [0.25, 0.3) is 17.7 Å². The van der Waals surface area contributed by atoms with Gasteiger partial charge in [-0.15, -0.1) is 12.4 Å². The minimum atomic E-state index is -0.964. The van der Waals surface area contributed by atoms with Crippen molar-refractivity contribution in [1.82, 2.24) is 24.0 Å². The molecule has 754 valence electrons. The molecule has 1 unspecified atom stereocenters. The molecule has 0 spiro atoms. The maximum absolute atomic E-state index is 13.2. The van der Waals surface area contributed by atoms with Crippen molar-refractivity contribution < 1.29 is 61.8 Å². The highest BCUT2D eigenvalue weighted by atomic mass is 128. The number of ketones is 1. The Kier molecular flexibility index (Phi) is 58.6. The highest BCUT2D eigenvalue weighted by molar-refractivity contribution is 15.0. The van der Waals surface area contributed by atoms with E-state index in [-0.39, 0.29) is 69.3 Å². The maximum atomic E-state index is 13.2. The predicted octanol–water partition coefficient (Wildman–Crippen LogP) is 17.4. The number of esters is 2. The number of aliphatic carboxylic acids is 1. The summed E-state index contributed by atoms with van der Waals surface area (Å²) >= 11 is 49.8. The normalized spacial score (nSPS) is 14.2. The fraction of sp³-hybridized carbons (Fsp3) is 0.355. The van der Waals surface area contributed by atoms with Crippen LogP contribution in [0.2, 0.25) is 0 Å². The first-order valence-corrected chi connectivity index (χ1v) is 69.3. The van der Waals surface area contributed by atoms with Crippen LogP contribution in [0.1, 0.15) is 175 Å². The molecule has 11 aromatic rings. The molecular weight excluding hydrogens is 2490 g/mol. The minimum absolute atomic E-state index is 0. The van der Waals surface area contributed by atoms with E-state index in [0.29, 0.717) is 70.7 Å². The van der Waals surface area contributed by atoms with Gasteiger partial charge in [0.05, 0.1) is 40.4 Å². The quantitative estimate of drug-likeness (QED) is 0.0362. The van der Waals surface area contributed by atoms with E-state index in [1.807, 2.05) is 149 Å². The van der Waals surface area contributed by atoms with Crippen molar-refractivity contribution in [3.63, 3.8) is 0 Å². The molecule has 6 heterocycles. The number of aromatic nitrogens is 4. The average Bonchev–Trinajstić information content (AvgIpc) is 1.61. The summed E-state index contributed by atoms with van der Waals surface area (Å²) in [6.07, 6.45) is 15.5. The number of nitrogens with one attached hydrogen (secondary N) is 1. The van der Waals surface area contributed by atoms with Gasteiger partial charge in [-0.25, -0.2) is 4.39 Å². The second-order valence-corrected chi connectivity index (χ2v) is 52.8.